The molecule has 2 aromatic rings. The number of benzene rings is 1. The van der Waals surface area contributed by atoms with Crippen molar-refractivity contribution in [3.8, 4) is 5.75 Å². The van der Waals surface area contributed by atoms with Gasteiger partial charge in [-0.3, -0.25) is 0 Å². The SMILES string of the molecule is O=c1oc2ccc(OC3CC4CCC(C3)N4)cc2cc1Br. The molecule has 21 heavy (non-hydrogen) atoms. The van der Waals surface area contributed by atoms with Gasteiger partial charge in [0.05, 0.1) is 0 Å². The number of piperidine rings is 1. The summed E-state index contributed by atoms with van der Waals surface area (Å²) in [4.78, 5) is 11.5. The molecule has 2 fully saturated rings. The van der Waals surface area contributed by atoms with Gasteiger partial charge >= 0.3 is 5.63 Å². The van der Waals surface area contributed by atoms with Gasteiger partial charge in [0.1, 0.15) is 21.9 Å². The lowest BCUT2D eigenvalue weighted by Gasteiger charge is -2.29. The van der Waals surface area contributed by atoms with Gasteiger partial charge in [0, 0.05) is 17.5 Å². The van der Waals surface area contributed by atoms with Crippen LogP contribution in [-0.4, -0.2) is 18.2 Å². The fourth-order valence-corrected chi connectivity index (χ4v) is 3.77. The molecule has 2 aliphatic heterocycles. The van der Waals surface area contributed by atoms with Gasteiger partial charge in [-0.25, -0.2) is 4.79 Å². The van der Waals surface area contributed by atoms with Gasteiger partial charge in [0.2, 0.25) is 0 Å². The Morgan fingerprint density at radius 2 is 1.95 bits per heavy atom. The number of hydrogen-bond acceptors (Lipinski definition) is 4. The molecule has 0 aliphatic carbocycles. The van der Waals surface area contributed by atoms with E-state index in [4.69, 9.17) is 9.15 Å². The van der Waals surface area contributed by atoms with Gasteiger partial charge < -0.3 is 14.5 Å². The predicted molar refractivity (Wildman–Crippen MR) is 83.8 cm³/mol. The van der Waals surface area contributed by atoms with Crippen molar-refractivity contribution in [3.05, 3.63) is 39.2 Å². The molecule has 4 nitrogen and oxygen atoms in total. The van der Waals surface area contributed by atoms with Crippen LogP contribution in [0.1, 0.15) is 25.7 Å². The summed E-state index contributed by atoms with van der Waals surface area (Å²) in [5.74, 6) is 0.842. The van der Waals surface area contributed by atoms with E-state index >= 15 is 0 Å². The Morgan fingerprint density at radius 3 is 2.71 bits per heavy atom. The van der Waals surface area contributed by atoms with E-state index in [0.29, 0.717) is 22.1 Å². The molecule has 2 aliphatic rings. The van der Waals surface area contributed by atoms with Crippen LogP contribution in [0.4, 0.5) is 0 Å². The zero-order valence-corrected chi connectivity index (χ0v) is 13.1. The monoisotopic (exact) mass is 349 g/mol. The van der Waals surface area contributed by atoms with Crippen molar-refractivity contribution in [1.29, 1.82) is 0 Å². The summed E-state index contributed by atoms with van der Waals surface area (Å²) < 4.78 is 11.8. The molecule has 0 spiro atoms. The van der Waals surface area contributed by atoms with Crippen LogP contribution in [-0.2, 0) is 0 Å². The van der Waals surface area contributed by atoms with Gasteiger partial charge in [0.15, 0.2) is 0 Å². The zero-order valence-electron chi connectivity index (χ0n) is 11.5. The summed E-state index contributed by atoms with van der Waals surface area (Å²) in [6, 6.07) is 8.62. The molecule has 2 unspecified atom stereocenters. The number of halogens is 1. The van der Waals surface area contributed by atoms with Crippen molar-refractivity contribution in [2.24, 2.45) is 0 Å². The van der Waals surface area contributed by atoms with Crippen LogP contribution < -0.4 is 15.7 Å². The van der Waals surface area contributed by atoms with Crippen molar-refractivity contribution in [1.82, 2.24) is 5.32 Å². The first kappa shape index (κ1) is 13.3. The molecule has 1 N–H and O–H groups in total. The first-order valence-corrected chi connectivity index (χ1v) is 8.13. The smallest absolute Gasteiger partial charge is 0.350 e. The Labute approximate surface area is 130 Å². The third-order valence-corrected chi connectivity index (χ3v) is 4.95. The number of nitrogens with one attached hydrogen (secondary N) is 1. The summed E-state index contributed by atoms with van der Waals surface area (Å²) in [5.41, 5.74) is 0.229. The van der Waals surface area contributed by atoms with Crippen molar-refractivity contribution in [3.63, 3.8) is 0 Å². The molecule has 4 rings (SSSR count). The molecule has 0 saturated carbocycles. The number of ether oxygens (including phenoxy) is 1. The van der Waals surface area contributed by atoms with Gasteiger partial charge in [-0.2, -0.15) is 0 Å². The van der Waals surface area contributed by atoms with Crippen molar-refractivity contribution in [2.45, 2.75) is 43.9 Å². The Balaban J connectivity index is 1.59. The molecule has 2 saturated heterocycles. The summed E-state index contributed by atoms with van der Waals surface area (Å²) in [6.07, 6.45) is 4.95. The minimum Gasteiger partial charge on any atom is -0.490 e. The normalized spacial score (nSPS) is 28.0. The second-order valence-corrected chi connectivity index (χ2v) is 6.78. The maximum absolute atomic E-state index is 11.5. The molecular weight excluding hydrogens is 334 g/mol. The number of rotatable bonds is 2. The summed E-state index contributed by atoms with van der Waals surface area (Å²) in [7, 11) is 0. The largest absolute Gasteiger partial charge is 0.490 e. The van der Waals surface area contributed by atoms with Crippen LogP contribution in [0.3, 0.4) is 0 Å². The molecule has 0 amide bonds. The highest BCUT2D eigenvalue weighted by Gasteiger charge is 2.34. The predicted octanol–water partition coefficient (Wildman–Crippen LogP) is 3.22. The highest BCUT2D eigenvalue weighted by molar-refractivity contribution is 9.10. The maximum Gasteiger partial charge on any atom is 0.350 e. The molecule has 2 bridgehead atoms. The lowest BCUT2D eigenvalue weighted by Crippen LogP contribution is -2.42. The van der Waals surface area contributed by atoms with Gasteiger partial charge in [-0.1, -0.05) is 0 Å². The Kier molecular flexibility index (Phi) is 3.27. The van der Waals surface area contributed by atoms with Gasteiger partial charge in [-0.15, -0.1) is 0 Å². The van der Waals surface area contributed by atoms with E-state index in [-0.39, 0.29) is 11.7 Å². The summed E-state index contributed by atoms with van der Waals surface area (Å²) in [6.45, 7) is 0. The summed E-state index contributed by atoms with van der Waals surface area (Å²) >= 11 is 3.21. The van der Waals surface area contributed by atoms with E-state index in [1.54, 1.807) is 12.1 Å². The standard InChI is InChI=1S/C16H16BrNO3/c17-14-6-9-5-12(3-4-15(9)21-16(14)19)20-13-7-10-1-2-11(8-13)18-10/h3-6,10-11,13,18H,1-2,7-8H2. The van der Waals surface area contributed by atoms with Crippen LogP contribution in [0.15, 0.2) is 37.9 Å². The molecule has 0 radical (unpaired) electrons. The fraction of sp³-hybridized carbons (Fsp3) is 0.438. The van der Waals surface area contributed by atoms with Crippen LogP contribution in [0, 0.1) is 0 Å². The Bertz CT molecular complexity index is 730. The van der Waals surface area contributed by atoms with Crippen molar-refractivity contribution < 1.29 is 9.15 Å². The lowest BCUT2D eigenvalue weighted by atomic mass is 10.0. The van der Waals surface area contributed by atoms with Crippen molar-refractivity contribution in [2.75, 3.05) is 0 Å². The molecule has 5 heteroatoms. The summed E-state index contributed by atoms with van der Waals surface area (Å²) in [5, 5.41) is 4.48. The second kappa shape index (κ2) is 5.14. The highest BCUT2D eigenvalue weighted by atomic mass is 79.9. The lowest BCUT2D eigenvalue weighted by molar-refractivity contribution is 0.137. The second-order valence-electron chi connectivity index (χ2n) is 5.93. The molecule has 3 heterocycles. The average molecular weight is 350 g/mol. The topological polar surface area (TPSA) is 51.5 Å². The van der Waals surface area contributed by atoms with Crippen LogP contribution in [0.2, 0.25) is 0 Å². The van der Waals surface area contributed by atoms with Crippen LogP contribution in [0.25, 0.3) is 11.0 Å². The minimum absolute atomic E-state index is 0.278. The van der Waals surface area contributed by atoms with E-state index in [2.05, 4.69) is 21.2 Å². The zero-order chi connectivity index (χ0) is 14.4. The molecule has 1 aromatic heterocycles. The molecular formula is C16H16BrNO3. The fourth-order valence-electron chi connectivity index (χ4n) is 3.44. The van der Waals surface area contributed by atoms with E-state index in [1.165, 1.54) is 12.8 Å². The van der Waals surface area contributed by atoms with Crippen LogP contribution >= 0.6 is 15.9 Å². The number of fused-ring (bicyclic) bond motifs is 3. The average Bonchev–Trinajstić information content (AvgIpc) is 2.80. The Morgan fingerprint density at radius 1 is 1.19 bits per heavy atom. The third-order valence-electron chi connectivity index (χ3n) is 4.39. The molecule has 110 valence electrons. The van der Waals surface area contributed by atoms with Crippen LogP contribution in [0.5, 0.6) is 5.75 Å². The van der Waals surface area contributed by atoms with E-state index in [9.17, 15) is 4.79 Å². The third kappa shape index (κ3) is 2.60. The quantitative estimate of drug-likeness (QED) is 0.845. The molecule has 1 aromatic carbocycles. The Hall–Kier alpha value is -1.33. The molecule has 2 atom stereocenters. The van der Waals surface area contributed by atoms with Gasteiger partial charge in [0.25, 0.3) is 0 Å². The van der Waals surface area contributed by atoms with E-state index < -0.39 is 0 Å². The first-order chi connectivity index (χ1) is 10.2. The van der Waals surface area contributed by atoms with Crippen molar-refractivity contribution >= 4 is 26.9 Å². The first-order valence-electron chi connectivity index (χ1n) is 7.33. The van der Waals surface area contributed by atoms with Gasteiger partial charge in [-0.05, 0) is 65.9 Å². The van der Waals surface area contributed by atoms with E-state index in [0.717, 1.165) is 24.0 Å². The maximum atomic E-state index is 11.5. The van der Waals surface area contributed by atoms with E-state index in [1.807, 2.05) is 12.1 Å². The highest BCUT2D eigenvalue weighted by Crippen LogP contribution is 2.30. The number of hydrogen-bond donors (Lipinski definition) is 1. The minimum atomic E-state index is -0.355.